The fraction of sp³-hybridized carbons (Fsp3) is 0.174. The first-order chi connectivity index (χ1) is 16.5. The lowest BCUT2D eigenvalue weighted by atomic mass is 10.1. The van der Waals surface area contributed by atoms with Gasteiger partial charge in [-0.3, -0.25) is 15.1 Å². The number of aromatic amines is 1. The average molecular weight is 472 g/mol. The quantitative estimate of drug-likeness (QED) is 0.357. The maximum Gasteiger partial charge on any atom is 0.252 e. The Morgan fingerprint density at radius 3 is 2.62 bits per heavy atom. The molecule has 0 spiro atoms. The number of hydrogen-bond acceptors (Lipinski definition) is 9. The highest BCUT2D eigenvalue weighted by Gasteiger charge is 2.12. The van der Waals surface area contributed by atoms with Gasteiger partial charge in [0.25, 0.3) is 5.56 Å². The molecule has 2 N–H and O–H groups in total. The Balaban J connectivity index is 1.38. The van der Waals surface area contributed by atoms with Crippen molar-refractivity contribution in [2.24, 2.45) is 0 Å². The topological polar surface area (TPSA) is 127 Å². The molecule has 3 heterocycles. The first kappa shape index (κ1) is 21.7. The minimum absolute atomic E-state index is 0.272. The summed E-state index contributed by atoms with van der Waals surface area (Å²) in [5.74, 6) is 1.05. The molecule has 2 aromatic carbocycles. The largest absolute Gasteiger partial charge is 0.294 e. The van der Waals surface area contributed by atoms with Crippen LogP contribution in [0.15, 0.2) is 58.5 Å². The molecule has 5 aromatic rings. The first-order valence-electron chi connectivity index (χ1n) is 10.6. The van der Waals surface area contributed by atoms with Crippen molar-refractivity contribution in [3.63, 3.8) is 0 Å². The summed E-state index contributed by atoms with van der Waals surface area (Å²) in [6.07, 6.45) is 0. The number of fused-ring (bicyclic) bond motifs is 1. The van der Waals surface area contributed by atoms with Gasteiger partial charge >= 0.3 is 0 Å². The second-order valence-corrected chi connectivity index (χ2v) is 8.74. The number of hydrogen-bond donors (Lipinski definition) is 2. The van der Waals surface area contributed by atoms with Gasteiger partial charge in [0.15, 0.2) is 0 Å². The molecule has 0 saturated carbocycles. The van der Waals surface area contributed by atoms with E-state index in [9.17, 15) is 4.79 Å². The van der Waals surface area contributed by atoms with Crippen LogP contribution in [0.3, 0.4) is 0 Å². The van der Waals surface area contributed by atoms with Crippen molar-refractivity contribution >= 4 is 34.6 Å². The highest BCUT2D eigenvalue weighted by atomic mass is 32.2. The van der Waals surface area contributed by atoms with Gasteiger partial charge in [0.05, 0.1) is 22.6 Å². The number of H-pyrrole nitrogens is 1. The fourth-order valence-corrected chi connectivity index (χ4v) is 4.27. The van der Waals surface area contributed by atoms with Crippen molar-refractivity contribution in [3.05, 3.63) is 81.4 Å². The van der Waals surface area contributed by atoms with Crippen LogP contribution < -0.4 is 10.9 Å². The minimum atomic E-state index is -0.278. The van der Waals surface area contributed by atoms with Gasteiger partial charge in [0.2, 0.25) is 17.1 Å². The molecule has 34 heavy (non-hydrogen) atoms. The third-order valence-corrected chi connectivity index (χ3v) is 6.27. The molecule has 0 saturated heterocycles. The Kier molecular flexibility index (Phi) is 5.76. The number of benzene rings is 2. The molecule has 0 aliphatic heterocycles. The summed E-state index contributed by atoms with van der Waals surface area (Å²) in [5.41, 5.74) is 5.17. The molecule has 0 fully saturated rings. The monoisotopic (exact) mass is 471 g/mol. The van der Waals surface area contributed by atoms with E-state index in [1.54, 1.807) is 4.68 Å². The Morgan fingerprint density at radius 1 is 1.00 bits per heavy atom. The zero-order chi connectivity index (χ0) is 23.7. The average Bonchev–Trinajstić information content (AvgIpc) is 3.28. The molecule has 0 amide bonds. The van der Waals surface area contributed by atoms with Crippen LogP contribution in [0.1, 0.15) is 22.5 Å². The van der Waals surface area contributed by atoms with Crippen molar-refractivity contribution in [2.45, 2.75) is 31.7 Å². The van der Waals surface area contributed by atoms with Gasteiger partial charge in [0.1, 0.15) is 0 Å². The number of nitrogens with one attached hydrogen (secondary N) is 2. The normalized spacial score (nSPS) is 11.1. The van der Waals surface area contributed by atoms with Gasteiger partial charge in [-0.05, 0) is 66.6 Å². The molecule has 170 valence electrons. The van der Waals surface area contributed by atoms with Crippen molar-refractivity contribution in [3.8, 4) is 5.69 Å². The number of thioether (sulfide) groups is 1. The summed E-state index contributed by atoms with van der Waals surface area (Å²) in [5, 5.41) is 16.5. The number of tetrazole rings is 1. The molecule has 0 aliphatic carbocycles. The summed E-state index contributed by atoms with van der Waals surface area (Å²) < 4.78 is 1.65. The van der Waals surface area contributed by atoms with E-state index in [1.807, 2.05) is 50.2 Å². The molecule has 5 rings (SSSR count). The minimum Gasteiger partial charge on any atom is -0.294 e. The molecule has 10 nitrogen and oxygen atoms in total. The van der Waals surface area contributed by atoms with Crippen LogP contribution in [0.5, 0.6) is 0 Å². The van der Waals surface area contributed by atoms with Crippen LogP contribution in [0.2, 0.25) is 0 Å². The Hall–Kier alpha value is -4.12. The van der Waals surface area contributed by atoms with Crippen LogP contribution in [0, 0.1) is 20.8 Å². The molecular formula is C23H21N9OS. The molecule has 0 unspecified atom stereocenters. The van der Waals surface area contributed by atoms with E-state index in [0.717, 1.165) is 27.8 Å². The maximum absolute atomic E-state index is 12.3. The molecular weight excluding hydrogens is 450 g/mol. The number of aromatic nitrogens is 8. The van der Waals surface area contributed by atoms with Crippen LogP contribution in [0.25, 0.3) is 16.6 Å². The molecule has 0 aliphatic rings. The van der Waals surface area contributed by atoms with E-state index < -0.39 is 0 Å². The molecule has 3 aromatic heterocycles. The number of rotatable bonds is 6. The molecule has 11 heteroatoms. The summed E-state index contributed by atoms with van der Waals surface area (Å²) in [4.78, 5) is 28.7. The third kappa shape index (κ3) is 4.50. The van der Waals surface area contributed by atoms with Gasteiger partial charge in [-0.2, -0.15) is 4.68 Å². The summed E-state index contributed by atoms with van der Waals surface area (Å²) in [6.45, 7) is 6.05. The van der Waals surface area contributed by atoms with Gasteiger partial charge in [0, 0.05) is 17.2 Å². The van der Waals surface area contributed by atoms with Gasteiger partial charge in [-0.1, -0.05) is 30.0 Å². The second-order valence-electron chi connectivity index (χ2n) is 7.79. The van der Waals surface area contributed by atoms with E-state index in [2.05, 4.69) is 53.8 Å². The number of aryl methyl sites for hydroxylation is 3. The smallest absolute Gasteiger partial charge is 0.252 e. The zero-order valence-electron chi connectivity index (χ0n) is 18.8. The Morgan fingerprint density at radius 2 is 1.79 bits per heavy atom. The Bertz CT molecular complexity index is 1550. The number of anilines is 2. The van der Waals surface area contributed by atoms with Crippen LogP contribution in [-0.4, -0.2) is 40.1 Å². The maximum atomic E-state index is 12.3. The predicted molar refractivity (Wildman–Crippen MR) is 131 cm³/mol. The molecule has 0 atom stereocenters. The lowest BCUT2D eigenvalue weighted by molar-refractivity contribution is 0.756. The lowest BCUT2D eigenvalue weighted by Crippen LogP contribution is -2.13. The number of para-hydroxylation sites is 1. The van der Waals surface area contributed by atoms with Crippen molar-refractivity contribution in [1.82, 2.24) is 40.1 Å². The molecule has 0 radical (unpaired) electrons. The highest BCUT2D eigenvalue weighted by Crippen LogP contribution is 2.23. The van der Waals surface area contributed by atoms with Crippen molar-refractivity contribution in [2.75, 3.05) is 5.32 Å². The summed E-state index contributed by atoms with van der Waals surface area (Å²) >= 11 is 1.39. The highest BCUT2D eigenvalue weighted by molar-refractivity contribution is 7.98. The van der Waals surface area contributed by atoms with E-state index >= 15 is 0 Å². The predicted octanol–water partition coefficient (Wildman–Crippen LogP) is 3.65. The van der Waals surface area contributed by atoms with Crippen LogP contribution >= 0.6 is 11.8 Å². The van der Waals surface area contributed by atoms with E-state index in [4.69, 9.17) is 0 Å². The lowest BCUT2D eigenvalue weighted by Gasteiger charge is -2.10. The van der Waals surface area contributed by atoms with Gasteiger partial charge in [-0.15, -0.1) is 5.10 Å². The van der Waals surface area contributed by atoms with Crippen molar-refractivity contribution in [1.29, 1.82) is 0 Å². The zero-order valence-corrected chi connectivity index (χ0v) is 19.6. The van der Waals surface area contributed by atoms with Crippen LogP contribution in [0.4, 0.5) is 11.9 Å². The van der Waals surface area contributed by atoms with Gasteiger partial charge in [-0.25, -0.2) is 15.0 Å². The SMILES string of the molecule is Cc1cc2nc(Nc3nc(CSc4nnnn4-c4ccccc4)cc(=O)[nH]3)nc(C)c2cc1C. The van der Waals surface area contributed by atoms with E-state index in [-0.39, 0.29) is 11.5 Å². The number of nitrogens with zero attached hydrogens (tertiary/aromatic N) is 7. The Labute approximate surface area is 198 Å². The third-order valence-electron chi connectivity index (χ3n) is 5.32. The van der Waals surface area contributed by atoms with E-state index in [0.29, 0.717) is 22.6 Å². The first-order valence-corrected chi connectivity index (χ1v) is 11.5. The standard InChI is InChI=1S/C23H21N9OS/c1-13-9-18-15(3)24-21(26-19(18)10-14(13)2)28-22-25-16(11-20(33)27-22)12-34-23-29-30-31-32(23)17-7-5-4-6-8-17/h4-11H,12H2,1-3H3,(H2,24,25,26,27,28,33). The molecule has 0 bridgehead atoms. The van der Waals surface area contributed by atoms with E-state index in [1.165, 1.54) is 23.4 Å². The second kappa shape index (κ2) is 9.02. The fourth-order valence-electron chi connectivity index (χ4n) is 3.48. The van der Waals surface area contributed by atoms with Crippen LogP contribution in [-0.2, 0) is 5.75 Å². The van der Waals surface area contributed by atoms with Crippen molar-refractivity contribution < 1.29 is 0 Å². The summed E-state index contributed by atoms with van der Waals surface area (Å²) in [7, 11) is 0. The summed E-state index contributed by atoms with van der Waals surface area (Å²) in [6, 6.07) is 15.2. The van der Waals surface area contributed by atoms with Gasteiger partial charge < -0.3 is 0 Å².